The van der Waals surface area contributed by atoms with E-state index in [4.69, 9.17) is 0 Å². The van der Waals surface area contributed by atoms with E-state index in [0.29, 0.717) is 0 Å². The Balaban J connectivity index is 3.42. The number of hydrogen-bond acceptors (Lipinski definition) is 3. The Morgan fingerprint density at radius 3 is 0.944 bits per heavy atom. The Morgan fingerprint density at radius 2 is 0.778 bits per heavy atom. The Bertz CT molecular complexity index is 328. The zero-order valence-corrected chi connectivity index (χ0v) is 12.6. The average Bonchev–Trinajstić information content (AvgIpc) is 2.35. The summed E-state index contributed by atoms with van der Waals surface area (Å²) in [5, 5.41) is 9.85. The molecular formula is C15H27N3. The molecule has 3 N–H and O–H groups in total. The maximum Gasteiger partial charge on any atom is 0.0207 e. The second kappa shape index (κ2) is 6.88. The molecule has 0 aromatic heterocycles. The topological polar surface area (TPSA) is 36.1 Å². The zero-order chi connectivity index (χ0) is 13.7. The minimum atomic E-state index is 0.936. The van der Waals surface area contributed by atoms with Crippen LogP contribution in [0.1, 0.15) is 33.4 Å². The molecule has 0 aliphatic rings. The molecule has 0 saturated heterocycles. The maximum atomic E-state index is 3.28. The van der Waals surface area contributed by atoms with Crippen molar-refractivity contribution in [2.45, 2.75) is 40.4 Å². The number of benzene rings is 1. The lowest BCUT2D eigenvalue weighted by Crippen LogP contribution is -2.18. The summed E-state index contributed by atoms with van der Waals surface area (Å²) < 4.78 is 0. The molecule has 1 aromatic rings. The molecule has 0 fully saturated rings. The van der Waals surface area contributed by atoms with Crippen molar-refractivity contribution in [3.05, 3.63) is 33.4 Å². The highest BCUT2D eigenvalue weighted by Gasteiger charge is 2.15. The SMILES string of the molecule is CNCc1c(C)c(CNC)c(C)c(CNC)c1C. The van der Waals surface area contributed by atoms with Gasteiger partial charge in [-0.05, 0) is 75.3 Å². The van der Waals surface area contributed by atoms with Crippen molar-refractivity contribution in [1.29, 1.82) is 0 Å². The van der Waals surface area contributed by atoms with Gasteiger partial charge in [0.2, 0.25) is 0 Å². The summed E-state index contributed by atoms with van der Waals surface area (Å²) in [5.74, 6) is 0. The first-order valence-corrected chi connectivity index (χ1v) is 6.62. The molecular weight excluding hydrogens is 222 g/mol. The molecule has 0 unspecified atom stereocenters. The molecule has 0 radical (unpaired) electrons. The van der Waals surface area contributed by atoms with Gasteiger partial charge in [0.05, 0.1) is 0 Å². The van der Waals surface area contributed by atoms with E-state index >= 15 is 0 Å². The highest BCUT2D eigenvalue weighted by atomic mass is 14.8. The van der Waals surface area contributed by atoms with Crippen LogP contribution in [0, 0.1) is 20.8 Å². The van der Waals surface area contributed by atoms with Crippen molar-refractivity contribution in [3.8, 4) is 0 Å². The van der Waals surface area contributed by atoms with Crippen LogP contribution in [0.4, 0.5) is 0 Å². The quantitative estimate of drug-likeness (QED) is 0.719. The number of hydrogen-bond donors (Lipinski definition) is 3. The highest BCUT2D eigenvalue weighted by molar-refractivity contribution is 5.50. The molecule has 0 amide bonds. The fourth-order valence-corrected chi connectivity index (χ4v) is 2.72. The van der Waals surface area contributed by atoms with Gasteiger partial charge in [0, 0.05) is 19.6 Å². The lowest BCUT2D eigenvalue weighted by molar-refractivity contribution is 0.752. The molecule has 0 heterocycles. The molecule has 1 aromatic carbocycles. The van der Waals surface area contributed by atoms with Crippen molar-refractivity contribution in [2.75, 3.05) is 21.1 Å². The Hall–Kier alpha value is -0.900. The van der Waals surface area contributed by atoms with E-state index in [1.165, 1.54) is 33.4 Å². The number of nitrogens with one attached hydrogen (secondary N) is 3. The molecule has 0 bridgehead atoms. The van der Waals surface area contributed by atoms with Crippen LogP contribution in [-0.2, 0) is 19.6 Å². The van der Waals surface area contributed by atoms with Gasteiger partial charge >= 0.3 is 0 Å². The minimum absolute atomic E-state index is 0.936. The van der Waals surface area contributed by atoms with Crippen LogP contribution in [0.2, 0.25) is 0 Å². The predicted molar refractivity (Wildman–Crippen MR) is 78.9 cm³/mol. The van der Waals surface area contributed by atoms with Crippen LogP contribution in [0.25, 0.3) is 0 Å². The average molecular weight is 249 g/mol. The van der Waals surface area contributed by atoms with Gasteiger partial charge in [-0.3, -0.25) is 0 Å². The molecule has 18 heavy (non-hydrogen) atoms. The lowest BCUT2D eigenvalue weighted by Gasteiger charge is -2.22. The lowest BCUT2D eigenvalue weighted by atomic mass is 9.88. The molecule has 1 rings (SSSR count). The molecule has 0 aliphatic heterocycles. The fraction of sp³-hybridized carbons (Fsp3) is 0.600. The summed E-state index contributed by atoms with van der Waals surface area (Å²) in [7, 11) is 6.02. The van der Waals surface area contributed by atoms with Crippen molar-refractivity contribution in [2.24, 2.45) is 0 Å². The summed E-state index contributed by atoms with van der Waals surface area (Å²) in [5.41, 5.74) is 8.60. The van der Waals surface area contributed by atoms with Crippen LogP contribution < -0.4 is 16.0 Å². The summed E-state index contributed by atoms with van der Waals surface area (Å²) in [6.07, 6.45) is 0. The third-order valence-electron chi connectivity index (χ3n) is 3.78. The smallest absolute Gasteiger partial charge is 0.0207 e. The van der Waals surface area contributed by atoms with E-state index in [1.807, 2.05) is 21.1 Å². The Kier molecular flexibility index (Phi) is 5.79. The molecule has 0 saturated carbocycles. The van der Waals surface area contributed by atoms with Crippen LogP contribution in [0.15, 0.2) is 0 Å². The molecule has 0 aliphatic carbocycles. The van der Waals surface area contributed by atoms with Crippen LogP contribution in [0.3, 0.4) is 0 Å². The largest absolute Gasteiger partial charge is 0.316 e. The van der Waals surface area contributed by atoms with Gasteiger partial charge in [0.25, 0.3) is 0 Å². The first-order valence-electron chi connectivity index (χ1n) is 6.62. The second-order valence-corrected chi connectivity index (χ2v) is 4.90. The van der Waals surface area contributed by atoms with Gasteiger partial charge in [-0.25, -0.2) is 0 Å². The summed E-state index contributed by atoms with van der Waals surface area (Å²) in [6, 6.07) is 0. The minimum Gasteiger partial charge on any atom is -0.316 e. The standard InChI is InChI=1S/C15H27N3/c1-10-13(7-16-4)11(2)15(9-18-6)12(3)14(10)8-17-5/h16-18H,7-9H2,1-6H3. The Labute approximate surface area is 111 Å². The summed E-state index contributed by atoms with van der Waals surface area (Å²) in [4.78, 5) is 0. The van der Waals surface area contributed by atoms with E-state index in [2.05, 4.69) is 36.7 Å². The summed E-state index contributed by atoms with van der Waals surface area (Å²) >= 11 is 0. The molecule has 102 valence electrons. The molecule has 3 nitrogen and oxygen atoms in total. The van der Waals surface area contributed by atoms with E-state index in [1.54, 1.807) is 0 Å². The normalized spacial score (nSPS) is 11.0. The molecule has 0 spiro atoms. The van der Waals surface area contributed by atoms with Gasteiger partial charge in [0.15, 0.2) is 0 Å². The molecule has 0 atom stereocenters. The van der Waals surface area contributed by atoms with Crippen LogP contribution in [-0.4, -0.2) is 21.1 Å². The van der Waals surface area contributed by atoms with E-state index in [0.717, 1.165) is 19.6 Å². The highest BCUT2D eigenvalue weighted by Crippen LogP contribution is 2.27. The second-order valence-electron chi connectivity index (χ2n) is 4.90. The van der Waals surface area contributed by atoms with E-state index in [9.17, 15) is 0 Å². The Morgan fingerprint density at radius 1 is 0.556 bits per heavy atom. The fourth-order valence-electron chi connectivity index (χ4n) is 2.72. The van der Waals surface area contributed by atoms with Crippen LogP contribution >= 0.6 is 0 Å². The van der Waals surface area contributed by atoms with Crippen molar-refractivity contribution in [1.82, 2.24) is 16.0 Å². The van der Waals surface area contributed by atoms with Gasteiger partial charge in [-0.15, -0.1) is 0 Å². The van der Waals surface area contributed by atoms with Crippen LogP contribution in [0.5, 0.6) is 0 Å². The van der Waals surface area contributed by atoms with E-state index < -0.39 is 0 Å². The van der Waals surface area contributed by atoms with Gasteiger partial charge in [-0.2, -0.15) is 0 Å². The van der Waals surface area contributed by atoms with Crippen molar-refractivity contribution < 1.29 is 0 Å². The third kappa shape index (κ3) is 2.91. The summed E-state index contributed by atoms with van der Waals surface area (Å²) in [6.45, 7) is 9.52. The van der Waals surface area contributed by atoms with Gasteiger partial charge < -0.3 is 16.0 Å². The first kappa shape index (κ1) is 15.2. The number of rotatable bonds is 6. The molecule has 3 heteroatoms. The van der Waals surface area contributed by atoms with Crippen molar-refractivity contribution in [3.63, 3.8) is 0 Å². The monoisotopic (exact) mass is 249 g/mol. The van der Waals surface area contributed by atoms with Gasteiger partial charge in [0.1, 0.15) is 0 Å². The van der Waals surface area contributed by atoms with Crippen molar-refractivity contribution >= 4 is 0 Å². The zero-order valence-electron chi connectivity index (χ0n) is 12.6. The van der Waals surface area contributed by atoms with E-state index in [-0.39, 0.29) is 0 Å². The third-order valence-corrected chi connectivity index (χ3v) is 3.78. The maximum absolute atomic E-state index is 3.28. The van der Waals surface area contributed by atoms with Gasteiger partial charge in [-0.1, -0.05) is 0 Å². The first-order chi connectivity index (χ1) is 8.58. The predicted octanol–water partition coefficient (Wildman–Crippen LogP) is 1.77.